The van der Waals surface area contributed by atoms with Crippen LogP contribution in [0.25, 0.3) is 0 Å². The number of hydrogen-bond donors (Lipinski definition) is 2. The molecule has 1 atom stereocenters. The van der Waals surface area contributed by atoms with Crippen molar-refractivity contribution in [1.29, 1.82) is 0 Å². The first kappa shape index (κ1) is 18.0. The Morgan fingerprint density at radius 3 is 2.75 bits per heavy atom. The van der Waals surface area contributed by atoms with Gasteiger partial charge in [-0.15, -0.1) is 0 Å². The summed E-state index contributed by atoms with van der Waals surface area (Å²) in [6.07, 6.45) is 1.11. The van der Waals surface area contributed by atoms with E-state index in [1.807, 2.05) is 24.3 Å². The molecule has 2 aliphatic heterocycles. The first-order valence-corrected chi connectivity index (χ1v) is 9.30. The topological polar surface area (TPSA) is 87.7 Å². The second kappa shape index (κ2) is 7.34. The zero-order valence-corrected chi connectivity index (χ0v) is 15.5. The number of aryl methyl sites for hydroxylation is 1. The van der Waals surface area contributed by atoms with Crippen LogP contribution < -0.4 is 20.3 Å². The fraction of sp³-hybridized carbons (Fsp3) is 0.286. The molecule has 144 valence electrons. The van der Waals surface area contributed by atoms with E-state index in [-0.39, 0.29) is 30.7 Å². The summed E-state index contributed by atoms with van der Waals surface area (Å²) in [7, 11) is 0. The summed E-state index contributed by atoms with van der Waals surface area (Å²) in [6.45, 7) is 2.41. The maximum Gasteiger partial charge on any atom is 0.262 e. The van der Waals surface area contributed by atoms with Crippen molar-refractivity contribution in [3.63, 3.8) is 0 Å². The maximum atomic E-state index is 12.7. The van der Waals surface area contributed by atoms with E-state index in [1.165, 1.54) is 5.56 Å². The Balaban J connectivity index is 1.43. The van der Waals surface area contributed by atoms with Crippen molar-refractivity contribution in [2.24, 2.45) is 5.92 Å². The number of carbonyl (C=O) groups excluding carboxylic acids is 3. The van der Waals surface area contributed by atoms with Gasteiger partial charge in [0.1, 0.15) is 5.75 Å². The Labute approximate surface area is 162 Å². The SMILES string of the molecule is CCc1ccc(N2CC(C(=O)Nc3ccc4c(c3)NC(=O)CO4)CC2=O)cc1. The average molecular weight is 379 g/mol. The van der Waals surface area contributed by atoms with Crippen LogP contribution in [0, 0.1) is 5.92 Å². The summed E-state index contributed by atoms with van der Waals surface area (Å²) in [6, 6.07) is 12.9. The van der Waals surface area contributed by atoms with Crippen LogP contribution in [0.4, 0.5) is 17.1 Å². The van der Waals surface area contributed by atoms with E-state index < -0.39 is 5.92 Å². The number of benzene rings is 2. The summed E-state index contributed by atoms with van der Waals surface area (Å²) in [4.78, 5) is 38.2. The second-order valence-corrected chi connectivity index (χ2v) is 6.96. The molecule has 1 saturated heterocycles. The highest BCUT2D eigenvalue weighted by molar-refractivity contribution is 6.04. The molecule has 2 heterocycles. The lowest BCUT2D eigenvalue weighted by molar-refractivity contribution is -0.122. The molecule has 2 N–H and O–H groups in total. The van der Waals surface area contributed by atoms with Crippen LogP contribution in [0.5, 0.6) is 5.75 Å². The lowest BCUT2D eigenvalue weighted by Crippen LogP contribution is -2.28. The Kier molecular flexibility index (Phi) is 4.73. The molecule has 1 unspecified atom stereocenters. The highest BCUT2D eigenvalue weighted by atomic mass is 16.5. The molecule has 2 aromatic carbocycles. The van der Waals surface area contributed by atoms with E-state index in [0.717, 1.165) is 12.1 Å². The fourth-order valence-electron chi connectivity index (χ4n) is 3.45. The van der Waals surface area contributed by atoms with E-state index >= 15 is 0 Å². The zero-order valence-electron chi connectivity index (χ0n) is 15.5. The van der Waals surface area contributed by atoms with Crippen LogP contribution in [0.2, 0.25) is 0 Å². The van der Waals surface area contributed by atoms with Gasteiger partial charge in [-0.1, -0.05) is 19.1 Å². The Hall–Kier alpha value is -3.35. The average Bonchev–Trinajstić information content (AvgIpc) is 3.09. The van der Waals surface area contributed by atoms with E-state index in [0.29, 0.717) is 23.7 Å². The summed E-state index contributed by atoms with van der Waals surface area (Å²) in [5, 5.41) is 5.55. The smallest absolute Gasteiger partial charge is 0.262 e. The van der Waals surface area contributed by atoms with E-state index in [2.05, 4.69) is 17.6 Å². The molecule has 7 heteroatoms. The Bertz CT molecular complexity index is 939. The molecule has 28 heavy (non-hydrogen) atoms. The van der Waals surface area contributed by atoms with Gasteiger partial charge < -0.3 is 20.3 Å². The highest BCUT2D eigenvalue weighted by Crippen LogP contribution is 2.31. The summed E-state index contributed by atoms with van der Waals surface area (Å²) >= 11 is 0. The molecular formula is C21H21N3O4. The standard InChI is InChI=1S/C21H21N3O4/c1-2-13-3-6-16(7-4-13)24-11-14(9-20(24)26)21(27)22-15-5-8-18-17(10-15)23-19(25)12-28-18/h3-8,10,14H,2,9,11-12H2,1H3,(H,22,27)(H,23,25). The molecule has 0 spiro atoms. The van der Waals surface area contributed by atoms with E-state index in [9.17, 15) is 14.4 Å². The molecule has 0 aliphatic carbocycles. The van der Waals surface area contributed by atoms with Crippen molar-refractivity contribution in [1.82, 2.24) is 0 Å². The first-order valence-electron chi connectivity index (χ1n) is 9.30. The number of fused-ring (bicyclic) bond motifs is 1. The van der Waals surface area contributed by atoms with Gasteiger partial charge in [0, 0.05) is 24.3 Å². The van der Waals surface area contributed by atoms with Gasteiger partial charge in [0.15, 0.2) is 6.61 Å². The largest absolute Gasteiger partial charge is 0.482 e. The quantitative estimate of drug-likeness (QED) is 0.855. The van der Waals surface area contributed by atoms with E-state index in [4.69, 9.17) is 4.74 Å². The molecule has 0 saturated carbocycles. The lowest BCUT2D eigenvalue weighted by atomic mass is 10.1. The number of ether oxygens (including phenoxy) is 1. The number of rotatable bonds is 4. The van der Waals surface area contributed by atoms with Crippen molar-refractivity contribution in [3.05, 3.63) is 48.0 Å². The minimum Gasteiger partial charge on any atom is -0.482 e. The lowest BCUT2D eigenvalue weighted by Gasteiger charge is -2.19. The Morgan fingerprint density at radius 2 is 2.00 bits per heavy atom. The summed E-state index contributed by atoms with van der Waals surface area (Å²) < 4.78 is 5.31. The third-order valence-electron chi connectivity index (χ3n) is 5.03. The number of carbonyl (C=O) groups is 3. The van der Waals surface area contributed by atoms with Gasteiger partial charge in [-0.3, -0.25) is 14.4 Å². The second-order valence-electron chi connectivity index (χ2n) is 6.96. The molecule has 2 aromatic rings. The third kappa shape index (κ3) is 3.55. The fourth-order valence-corrected chi connectivity index (χ4v) is 3.45. The van der Waals surface area contributed by atoms with Gasteiger partial charge in [0.25, 0.3) is 5.91 Å². The molecular weight excluding hydrogens is 358 g/mol. The molecule has 4 rings (SSSR count). The number of hydrogen-bond acceptors (Lipinski definition) is 4. The van der Waals surface area contributed by atoms with Crippen molar-refractivity contribution in [2.45, 2.75) is 19.8 Å². The number of anilines is 3. The third-order valence-corrected chi connectivity index (χ3v) is 5.03. The molecule has 2 aliphatic rings. The minimum absolute atomic E-state index is 0.0159. The zero-order chi connectivity index (χ0) is 19.7. The van der Waals surface area contributed by atoms with Crippen LogP contribution in [0.15, 0.2) is 42.5 Å². The molecule has 7 nitrogen and oxygen atoms in total. The predicted molar refractivity (Wildman–Crippen MR) is 105 cm³/mol. The van der Waals surface area contributed by atoms with Crippen LogP contribution in [-0.4, -0.2) is 30.9 Å². The maximum absolute atomic E-state index is 12.7. The molecule has 0 aromatic heterocycles. The van der Waals surface area contributed by atoms with Gasteiger partial charge in [-0.25, -0.2) is 0 Å². The molecule has 0 radical (unpaired) electrons. The highest BCUT2D eigenvalue weighted by Gasteiger charge is 2.35. The van der Waals surface area contributed by atoms with Gasteiger partial charge in [-0.05, 0) is 42.3 Å². The first-order chi connectivity index (χ1) is 13.5. The number of amides is 3. The van der Waals surface area contributed by atoms with Crippen LogP contribution in [0.1, 0.15) is 18.9 Å². The normalized spacial score (nSPS) is 18.3. The molecule has 0 bridgehead atoms. The number of nitrogens with one attached hydrogen (secondary N) is 2. The van der Waals surface area contributed by atoms with Gasteiger partial charge in [0.2, 0.25) is 11.8 Å². The predicted octanol–water partition coefficient (Wildman–Crippen LogP) is 2.57. The summed E-state index contributed by atoms with van der Waals surface area (Å²) in [5.74, 6) is -0.378. The van der Waals surface area contributed by atoms with Crippen molar-refractivity contribution >= 4 is 34.8 Å². The van der Waals surface area contributed by atoms with Gasteiger partial charge >= 0.3 is 0 Å². The molecule has 3 amide bonds. The Morgan fingerprint density at radius 1 is 1.21 bits per heavy atom. The van der Waals surface area contributed by atoms with Crippen LogP contribution >= 0.6 is 0 Å². The minimum atomic E-state index is -0.430. The monoisotopic (exact) mass is 379 g/mol. The van der Waals surface area contributed by atoms with Gasteiger partial charge in [-0.2, -0.15) is 0 Å². The van der Waals surface area contributed by atoms with Gasteiger partial charge in [0.05, 0.1) is 11.6 Å². The van der Waals surface area contributed by atoms with Crippen LogP contribution in [-0.2, 0) is 20.8 Å². The number of nitrogens with zero attached hydrogens (tertiary/aromatic N) is 1. The molecule has 1 fully saturated rings. The van der Waals surface area contributed by atoms with E-state index in [1.54, 1.807) is 23.1 Å². The van der Waals surface area contributed by atoms with Crippen LogP contribution in [0.3, 0.4) is 0 Å². The van der Waals surface area contributed by atoms with Crippen molar-refractivity contribution < 1.29 is 19.1 Å². The van der Waals surface area contributed by atoms with Crippen molar-refractivity contribution in [2.75, 3.05) is 28.7 Å². The van der Waals surface area contributed by atoms with Crippen molar-refractivity contribution in [3.8, 4) is 5.75 Å². The summed E-state index contributed by atoms with van der Waals surface area (Å²) in [5.41, 5.74) is 3.08.